The number of nitrogens with one attached hydrogen (secondary N) is 1. The third-order valence-electron chi connectivity index (χ3n) is 3.78. The third kappa shape index (κ3) is 5.74. The summed E-state index contributed by atoms with van der Waals surface area (Å²) in [7, 11) is 0. The van der Waals surface area contributed by atoms with Crippen molar-refractivity contribution in [3.05, 3.63) is 35.9 Å². The molecule has 0 amide bonds. The molecule has 0 saturated carbocycles. The number of aliphatic imine (C=N–C) groups is 1. The molecule has 1 aromatic rings. The number of nitrogens with zero attached hydrogens (tertiary/aromatic N) is 1. The van der Waals surface area contributed by atoms with Crippen molar-refractivity contribution in [1.29, 1.82) is 0 Å². The van der Waals surface area contributed by atoms with E-state index in [4.69, 9.17) is 4.99 Å². The quantitative estimate of drug-likeness (QED) is 0.836. The van der Waals surface area contributed by atoms with E-state index in [9.17, 15) is 0 Å². The van der Waals surface area contributed by atoms with Gasteiger partial charge in [-0.3, -0.25) is 4.99 Å². The summed E-state index contributed by atoms with van der Waals surface area (Å²) in [5.74, 6) is 1.86. The molecule has 0 saturated heterocycles. The number of hydrogen-bond donors (Lipinski definition) is 1. The van der Waals surface area contributed by atoms with Crippen molar-refractivity contribution in [1.82, 2.24) is 5.32 Å². The largest absolute Gasteiger partial charge is 0.360 e. The Labute approximate surface area is 133 Å². The standard InChI is InChI=1S/C18H28N2S/c1-14(2)12-16-13-21-17(19-16)20-18(3,4)11-10-15-8-6-5-7-9-15/h5-9,14,16H,10-13H2,1-4H3,(H,19,20). The molecule has 0 aromatic heterocycles. The Morgan fingerprint density at radius 3 is 2.67 bits per heavy atom. The molecule has 2 nitrogen and oxygen atoms in total. The smallest absolute Gasteiger partial charge is 0.157 e. The van der Waals surface area contributed by atoms with Gasteiger partial charge in [-0.05, 0) is 44.6 Å². The Bertz CT molecular complexity index is 465. The first kappa shape index (κ1) is 16.4. The van der Waals surface area contributed by atoms with Crippen molar-refractivity contribution in [3.63, 3.8) is 0 Å². The van der Waals surface area contributed by atoms with Crippen molar-refractivity contribution in [2.24, 2.45) is 10.9 Å². The van der Waals surface area contributed by atoms with Gasteiger partial charge in [-0.1, -0.05) is 55.9 Å². The number of amidine groups is 1. The van der Waals surface area contributed by atoms with Crippen LogP contribution >= 0.6 is 11.8 Å². The van der Waals surface area contributed by atoms with Gasteiger partial charge in [0.2, 0.25) is 0 Å². The average Bonchev–Trinajstić information content (AvgIpc) is 2.83. The van der Waals surface area contributed by atoms with Crippen LogP contribution in [0.25, 0.3) is 0 Å². The topological polar surface area (TPSA) is 24.4 Å². The van der Waals surface area contributed by atoms with E-state index < -0.39 is 0 Å². The van der Waals surface area contributed by atoms with E-state index in [2.05, 4.69) is 63.3 Å². The summed E-state index contributed by atoms with van der Waals surface area (Å²) >= 11 is 1.88. The minimum atomic E-state index is 0.0917. The van der Waals surface area contributed by atoms with Crippen LogP contribution in [0.15, 0.2) is 35.3 Å². The molecule has 0 spiro atoms. The van der Waals surface area contributed by atoms with E-state index in [0.29, 0.717) is 6.04 Å². The number of aryl methyl sites for hydroxylation is 1. The molecule has 1 aliphatic heterocycles. The SMILES string of the molecule is CC(C)CC1CSC(NC(C)(C)CCc2ccccc2)=N1. The van der Waals surface area contributed by atoms with Gasteiger partial charge < -0.3 is 5.32 Å². The molecule has 21 heavy (non-hydrogen) atoms. The van der Waals surface area contributed by atoms with Crippen LogP contribution in [0.3, 0.4) is 0 Å². The zero-order valence-electron chi connectivity index (χ0n) is 13.7. The highest BCUT2D eigenvalue weighted by Gasteiger charge is 2.24. The molecule has 1 heterocycles. The monoisotopic (exact) mass is 304 g/mol. The Morgan fingerprint density at radius 2 is 2.00 bits per heavy atom. The minimum Gasteiger partial charge on any atom is -0.360 e. The van der Waals surface area contributed by atoms with Crippen LogP contribution in [0, 0.1) is 5.92 Å². The molecule has 0 radical (unpaired) electrons. The first-order valence-corrected chi connectivity index (χ1v) is 8.96. The van der Waals surface area contributed by atoms with Crippen LogP contribution in [0.1, 0.15) is 46.1 Å². The van der Waals surface area contributed by atoms with E-state index in [-0.39, 0.29) is 5.54 Å². The summed E-state index contributed by atoms with van der Waals surface area (Å²) in [5, 5.41) is 4.78. The molecular formula is C18H28N2S. The molecule has 1 atom stereocenters. The zero-order chi connectivity index (χ0) is 15.3. The highest BCUT2D eigenvalue weighted by atomic mass is 32.2. The van der Waals surface area contributed by atoms with E-state index in [1.54, 1.807) is 0 Å². The van der Waals surface area contributed by atoms with Crippen LogP contribution in [-0.4, -0.2) is 22.5 Å². The lowest BCUT2D eigenvalue weighted by molar-refractivity contribution is 0.427. The van der Waals surface area contributed by atoms with E-state index in [0.717, 1.165) is 29.7 Å². The molecule has 1 unspecified atom stereocenters. The Balaban J connectivity index is 1.83. The Morgan fingerprint density at radius 1 is 1.29 bits per heavy atom. The molecule has 0 fully saturated rings. The van der Waals surface area contributed by atoms with Gasteiger partial charge in [0, 0.05) is 11.3 Å². The van der Waals surface area contributed by atoms with Gasteiger partial charge in [0.15, 0.2) is 5.17 Å². The summed E-state index contributed by atoms with van der Waals surface area (Å²) in [6, 6.07) is 11.2. The van der Waals surface area contributed by atoms with Crippen LogP contribution < -0.4 is 5.32 Å². The van der Waals surface area contributed by atoms with Crippen LogP contribution in [0.5, 0.6) is 0 Å². The molecule has 116 valence electrons. The zero-order valence-corrected chi connectivity index (χ0v) is 14.5. The minimum absolute atomic E-state index is 0.0917. The van der Waals surface area contributed by atoms with Crippen LogP contribution in [0.2, 0.25) is 0 Å². The predicted octanol–water partition coefficient (Wildman–Crippen LogP) is 4.50. The summed E-state index contributed by atoms with van der Waals surface area (Å²) in [6.07, 6.45) is 3.42. The molecule has 3 heteroatoms. The number of hydrogen-bond acceptors (Lipinski definition) is 3. The van der Waals surface area contributed by atoms with Gasteiger partial charge in [0.1, 0.15) is 0 Å². The van der Waals surface area contributed by atoms with Crippen molar-refractivity contribution in [2.75, 3.05) is 5.75 Å². The molecule has 0 bridgehead atoms. The van der Waals surface area contributed by atoms with E-state index in [1.807, 2.05) is 11.8 Å². The van der Waals surface area contributed by atoms with Crippen LogP contribution in [-0.2, 0) is 6.42 Å². The van der Waals surface area contributed by atoms with Crippen molar-refractivity contribution in [3.8, 4) is 0 Å². The first-order valence-electron chi connectivity index (χ1n) is 7.97. The fourth-order valence-corrected chi connectivity index (χ4v) is 3.74. The molecule has 1 aliphatic rings. The molecule has 0 aliphatic carbocycles. The summed E-state index contributed by atoms with van der Waals surface area (Å²) < 4.78 is 0. The summed E-state index contributed by atoms with van der Waals surface area (Å²) in [4.78, 5) is 4.84. The fourth-order valence-electron chi connectivity index (χ4n) is 2.60. The average molecular weight is 305 g/mol. The number of thioether (sulfide) groups is 1. The second-order valence-electron chi connectivity index (χ2n) is 7.02. The van der Waals surface area contributed by atoms with Gasteiger partial charge in [0.25, 0.3) is 0 Å². The normalized spacial score (nSPS) is 18.9. The van der Waals surface area contributed by atoms with Gasteiger partial charge in [-0.25, -0.2) is 0 Å². The Kier molecular flexibility index (Phi) is 5.74. The maximum Gasteiger partial charge on any atom is 0.157 e. The molecular weight excluding hydrogens is 276 g/mol. The number of rotatable bonds is 6. The molecule has 2 rings (SSSR count). The molecule has 1 aromatic carbocycles. The lowest BCUT2D eigenvalue weighted by atomic mass is 9.95. The fraction of sp³-hybridized carbons (Fsp3) is 0.611. The lowest BCUT2D eigenvalue weighted by Crippen LogP contribution is -2.42. The highest BCUT2D eigenvalue weighted by molar-refractivity contribution is 8.14. The second-order valence-corrected chi connectivity index (χ2v) is 8.03. The third-order valence-corrected chi connectivity index (χ3v) is 4.81. The predicted molar refractivity (Wildman–Crippen MR) is 95.1 cm³/mol. The Hall–Kier alpha value is -0.960. The second kappa shape index (κ2) is 7.35. The highest BCUT2D eigenvalue weighted by Crippen LogP contribution is 2.24. The lowest BCUT2D eigenvalue weighted by Gasteiger charge is -2.27. The van der Waals surface area contributed by atoms with E-state index in [1.165, 1.54) is 12.0 Å². The number of benzene rings is 1. The van der Waals surface area contributed by atoms with Gasteiger partial charge in [-0.2, -0.15) is 0 Å². The van der Waals surface area contributed by atoms with Crippen LogP contribution in [0.4, 0.5) is 0 Å². The maximum absolute atomic E-state index is 4.84. The van der Waals surface area contributed by atoms with E-state index >= 15 is 0 Å². The van der Waals surface area contributed by atoms with Gasteiger partial charge in [0.05, 0.1) is 6.04 Å². The summed E-state index contributed by atoms with van der Waals surface area (Å²) in [6.45, 7) is 9.09. The molecule has 1 N–H and O–H groups in total. The van der Waals surface area contributed by atoms with Crippen molar-refractivity contribution < 1.29 is 0 Å². The first-order chi connectivity index (χ1) is 9.94. The maximum atomic E-state index is 4.84. The van der Waals surface area contributed by atoms with Gasteiger partial charge >= 0.3 is 0 Å². The van der Waals surface area contributed by atoms with Crippen molar-refractivity contribution >= 4 is 16.9 Å². The van der Waals surface area contributed by atoms with Crippen molar-refractivity contribution in [2.45, 2.75) is 58.5 Å². The summed E-state index contributed by atoms with van der Waals surface area (Å²) in [5.41, 5.74) is 1.50. The van der Waals surface area contributed by atoms with Gasteiger partial charge in [-0.15, -0.1) is 0 Å².